The Bertz CT molecular complexity index is 856. The van der Waals surface area contributed by atoms with Gasteiger partial charge in [-0.25, -0.2) is 5.43 Å². The molecule has 0 unspecified atom stereocenters. The van der Waals surface area contributed by atoms with E-state index in [0.717, 1.165) is 0 Å². The second-order valence-electron chi connectivity index (χ2n) is 5.05. The van der Waals surface area contributed by atoms with Crippen molar-refractivity contribution in [1.29, 1.82) is 0 Å². The molecule has 136 valence electrons. The lowest BCUT2D eigenvalue weighted by atomic mass is 10.2. The molecule has 0 radical (unpaired) electrons. The third-order valence-corrected chi connectivity index (χ3v) is 3.91. The van der Waals surface area contributed by atoms with E-state index in [2.05, 4.69) is 15.8 Å². The summed E-state index contributed by atoms with van der Waals surface area (Å²) in [5.74, 6) is -0.992. The molecule has 7 nitrogen and oxygen atoms in total. The van der Waals surface area contributed by atoms with Crippen LogP contribution < -0.4 is 15.5 Å². The van der Waals surface area contributed by atoms with Gasteiger partial charge in [0.25, 0.3) is 0 Å². The van der Waals surface area contributed by atoms with Gasteiger partial charge in [-0.3, -0.25) is 9.59 Å². The summed E-state index contributed by atoms with van der Waals surface area (Å²) in [5, 5.41) is 16.8. The second kappa shape index (κ2) is 9.07. The third kappa shape index (κ3) is 5.37. The predicted molar refractivity (Wildman–Crippen MR) is 100 cm³/mol. The molecule has 0 spiro atoms. The quantitative estimate of drug-likeness (QED) is 0.397. The number of amides is 2. The van der Waals surface area contributed by atoms with Gasteiger partial charge in [0.05, 0.1) is 23.4 Å². The van der Waals surface area contributed by atoms with E-state index in [-0.39, 0.29) is 16.5 Å². The Balaban J connectivity index is 1.88. The number of phenolic OH excluding ortho intramolecular Hbond substituents is 1. The average Bonchev–Trinajstić information content (AvgIpc) is 2.59. The zero-order chi connectivity index (χ0) is 19.1. The van der Waals surface area contributed by atoms with Crippen molar-refractivity contribution in [3.8, 4) is 11.5 Å². The molecular weight excluding hydrogens is 381 g/mol. The SMILES string of the molecule is COc1cccc(C=NNC(=O)CC(=O)Nc2ccc(Cl)c(Cl)c2)c1O. The number of carbonyl (C=O) groups is 2. The average molecular weight is 396 g/mol. The Kier molecular flexibility index (Phi) is 6.82. The molecule has 9 heteroatoms. The number of rotatable bonds is 6. The van der Waals surface area contributed by atoms with Gasteiger partial charge in [-0.15, -0.1) is 0 Å². The van der Waals surface area contributed by atoms with E-state index in [0.29, 0.717) is 16.3 Å². The number of benzene rings is 2. The molecular formula is C17H15Cl2N3O4. The van der Waals surface area contributed by atoms with E-state index in [1.807, 2.05) is 0 Å². The summed E-state index contributed by atoms with van der Waals surface area (Å²) in [7, 11) is 1.42. The first kappa shape index (κ1) is 19.6. The topological polar surface area (TPSA) is 100 Å². The fraction of sp³-hybridized carbons (Fsp3) is 0.118. The molecule has 0 saturated heterocycles. The molecule has 2 rings (SSSR count). The van der Waals surface area contributed by atoms with Crippen molar-refractivity contribution < 1.29 is 19.4 Å². The number of phenols is 1. The first-order valence-electron chi connectivity index (χ1n) is 7.33. The molecule has 0 heterocycles. The number of ether oxygens (including phenoxy) is 1. The van der Waals surface area contributed by atoms with Gasteiger partial charge in [-0.05, 0) is 30.3 Å². The maximum atomic E-state index is 11.8. The summed E-state index contributed by atoms with van der Waals surface area (Å²) < 4.78 is 4.97. The molecule has 2 aromatic rings. The standard InChI is InChI=1S/C17H15Cl2N3O4/c1-26-14-4-2-3-10(17(14)25)9-20-22-16(24)8-15(23)21-11-5-6-12(18)13(19)7-11/h2-7,9,25H,8H2,1H3,(H,21,23)(H,22,24). The Morgan fingerprint density at radius 3 is 2.65 bits per heavy atom. The molecule has 2 amide bonds. The van der Waals surface area contributed by atoms with E-state index in [9.17, 15) is 14.7 Å². The number of aromatic hydroxyl groups is 1. The van der Waals surface area contributed by atoms with Gasteiger partial charge in [0.1, 0.15) is 6.42 Å². The molecule has 0 aliphatic carbocycles. The molecule has 0 atom stereocenters. The monoisotopic (exact) mass is 395 g/mol. The van der Waals surface area contributed by atoms with Crippen LogP contribution in [0.4, 0.5) is 5.69 Å². The van der Waals surface area contributed by atoms with Gasteiger partial charge in [-0.2, -0.15) is 5.10 Å². The molecule has 0 aliphatic rings. The third-order valence-electron chi connectivity index (χ3n) is 3.17. The summed E-state index contributed by atoms with van der Waals surface area (Å²) in [6, 6.07) is 9.40. The number of hydrogen-bond acceptors (Lipinski definition) is 5. The fourth-order valence-electron chi connectivity index (χ4n) is 1.95. The number of para-hydroxylation sites is 1. The molecule has 26 heavy (non-hydrogen) atoms. The summed E-state index contributed by atoms with van der Waals surface area (Å²) in [6.45, 7) is 0. The zero-order valence-electron chi connectivity index (χ0n) is 13.6. The zero-order valence-corrected chi connectivity index (χ0v) is 15.1. The van der Waals surface area contributed by atoms with Crippen molar-refractivity contribution in [2.24, 2.45) is 5.10 Å². The smallest absolute Gasteiger partial charge is 0.249 e. The minimum absolute atomic E-state index is 0.106. The number of nitrogens with one attached hydrogen (secondary N) is 2. The van der Waals surface area contributed by atoms with Gasteiger partial charge in [0, 0.05) is 11.3 Å². The van der Waals surface area contributed by atoms with Crippen molar-refractivity contribution in [2.45, 2.75) is 6.42 Å². The highest BCUT2D eigenvalue weighted by Crippen LogP contribution is 2.28. The highest BCUT2D eigenvalue weighted by molar-refractivity contribution is 6.42. The van der Waals surface area contributed by atoms with Crippen molar-refractivity contribution in [1.82, 2.24) is 5.43 Å². The van der Waals surface area contributed by atoms with E-state index in [1.165, 1.54) is 25.5 Å². The Morgan fingerprint density at radius 2 is 1.96 bits per heavy atom. The van der Waals surface area contributed by atoms with Crippen LogP contribution in [0.2, 0.25) is 10.0 Å². The van der Waals surface area contributed by atoms with Crippen molar-refractivity contribution in [3.05, 3.63) is 52.0 Å². The van der Waals surface area contributed by atoms with Crippen LogP contribution in [-0.4, -0.2) is 30.2 Å². The second-order valence-corrected chi connectivity index (χ2v) is 5.86. The number of hydrazone groups is 1. The van der Waals surface area contributed by atoms with E-state index < -0.39 is 18.2 Å². The Labute approximate surface area is 159 Å². The predicted octanol–water partition coefficient (Wildman–Crippen LogP) is 3.19. The number of carbonyl (C=O) groups excluding carboxylic acids is 2. The van der Waals surface area contributed by atoms with Gasteiger partial charge < -0.3 is 15.2 Å². The first-order chi connectivity index (χ1) is 12.4. The number of anilines is 1. The molecule has 0 aliphatic heterocycles. The van der Waals surface area contributed by atoms with Gasteiger partial charge >= 0.3 is 0 Å². The van der Waals surface area contributed by atoms with E-state index >= 15 is 0 Å². The normalized spacial score (nSPS) is 10.6. The molecule has 0 fully saturated rings. The highest BCUT2D eigenvalue weighted by atomic mass is 35.5. The largest absolute Gasteiger partial charge is 0.504 e. The maximum absolute atomic E-state index is 11.8. The number of hydrogen-bond donors (Lipinski definition) is 3. The van der Waals surface area contributed by atoms with Crippen molar-refractivity contribution in [2.75, 3.05) is 12.4 Å². The first-order valence-corrected chi connectivity index (χ1v) is 8.09. The molecule has 0 aromatic heterocycles. The van der Waals surface area contributed by atoms with Crippen molar-refractivity contribution >= 4 is 46.9 Å². The molecule has 3 N–H and O–H groups in total. The maximum Gasteiger partial charge on any atom is 0.249 e. The van der Waals surface area contributed by atoms with Crippen LogP contribution in [0.1, 0.15) is 12.0 Å². The van der Waals surface area contributed by atoms with Gasteiger partial charge in [0.2, 0.25) is 11.8 Å². The number of methoxy groups -OCH3 is 1. The lowest BCUT2D eigenvalue weighted by Gasteiger charge is -2.06. The van der Waals surface area contributed by atoms with Crippen LogP contribution in [0.3, 0.4) is 0 Å². The molecule has 2 aromatic carbocycles. The van der Waals surface area contributed by atoms with Gasteiger partial charge in [-0.1, -0.05) is 29.3 Å². The van der Waals surface area contributed by atoms with Crippen LogP contribution in [0, 0.1) is 0 Å². The van der Waals surface area contributed by atoms with Crippen LogP contribution in [-0.2, 0) is 9.59 Å². The van der Waals surface area contributed by atoms with Crippen LogP contribution >= 0.6 is 23.2 Å². The number of halogens is 2. The summed E-state index contributed by atoms with van der Waals surface area (Å²) >= 11 is 11.6. The Morgan fingerprint density at radius 1 is 1.19 bits per heavy atom. The van der Waals surface area contributed by atoms with Gasteiger partial charge in [0.15, 0.2) is 11.5 Å². The van der Waals surface area contributed by atoms with Crippen LogP contribution in [0.15, 0.2) is 41.5 Å². The van der Waals surface area contributed by atoms with E-state index in [1.54, 1.807) is 24.3 Å². The van der Waals surface area contributed by atoms with Crippen LogP contribution in [0.5, 0.6) is 11.5 Å². The number of nitrogens with zero attached hydrogens (tertiary/aromatic N) is 1. The Hall–Kier alpha value is -2.77. The van der Waals surface area contributed by atoms with E-state index in [4.69, 9.17) is 27.9 Å². The lowest BCUT2D eigenvalue weighted by molar-refractivity contribution is -0.126. The molecule has 0 saturated carbocycles. The lowest BCUT2D eigenvalue weighted by Crippen LogP contribution is -2.24. The minimum atomic E-state index is -0.624. The minimum Gasteiger partial charge on any atom is -0.504 e. The summed E-state index contributed by atoms with van der Waals surface area (Å²) in [4.78, 5) is 23.6. The molecule has 0 bridgehead atoms. The fourth-order valence-corrected chi connectivity index (χ4v) is 2.24. The summed E-state index contributed by atoms with van der Waals surface area (Å²) in [5.41, 5.74) is 2.97. The highest BCUT2D eigenvalue weighted by Gasteiger charge is 2.10. The van der Waals surface area contributed by atoms with Crippen molar-refractivity contribution in [3.63, 3.8) is 0 Å². The summed E-state index contributed by atoms with van der Waals surface area (Å²) in [6.07, 6.45) is 0.800. The van der Waals surface area contributed by atoms with Crippen LogP contribution in [0.25, 0.3) is 0 Å².